The maximum atomic E-state index is 13.1. The Morgan fingerprint density at radius 3 is 2.47 bits per heavy atom. The number of likely N-dealkylation sites (N-methyl/N-ethyl adjacent to an activating group) is 1. The number of carbonyl (C=O) groups excluding carboxylic acids is 2. The minimum Gasteiger partial charge on any atom is -0.444 e. The van der Waals surface area contributed by atoms with Crippen molar-refractivity contribution in [2.24, 2.45) is 0 Å². The molecule has 7 nitrogen and oxygen atoms in total. The van der Waals surface area contributed by atoms with Gasteiger partial charge in [0.1, 0.15) is 16.6 Å². The highest BCUT2D eigenvalue weighted by Gasteiger charge is 2.23. The van der Waals surface area contributed by atoms with E-state index in [1.807, 2.05) is 6.92 Å². The van der Waals surface area contributed by atoms with Gasteiger partial charge in [0, 0.05) is 19.6 Å². The van der Waals surface area contributed by atoms with Gasteiger partial charge in [0.25, 0.3) is 5.91 Å². The summed E-state index contributed by atoms with van der Waals surface area (Å²) < 4.78 is 19.9. The average Bonchev–Trinajstić information content (AvgIpc) is 2.92. The second-order valence-electron chi connectivity index (χ2n) is 7.85. The van der Waals surface area contributed by atoms with Gasteiger partial charge >= 0.3 is 6.09 Å². The van der Waals surface area contributed by atoms with Crippen LogP contribution < -0.4 is 5.32 Å². The normalized spacial score (nSPS) is 11.3. The van der Waals surface area contributed by atoms with Gasteiger partial charge in [-0.25, -0.2) is 13.9 Å². The number of benzene rings is 1. The molecule has 1 heterocycles. The Labute approximate surface area is 181 Å². The fourth-order valence-electron chi connectivity index (χ4n) is 2.78. The van der Waals surface area contributed by atoms with Crippen LogP contribution in [0.4, 0.5) is 9.18 Å². The van der Waals surface area contributed by atoms with Crippen molar-refractivity contribution in [2.45, 2.75) is 46.8 Å². The summed E-state index contributed by atoms with van der Waals surface area (Å²) in [5.74, 6) is -0.697. The third-order valence-electron chi connectivity index (χ3n) is 4.24. The van der Waals surface area contributed by atoms with Gasteiger partial charge in [-0.3, -0.25) is 4.79 Å². The third-order valence-corrected chi connectivity index (χ3v) is 4.62. The van der Waals surface area contributed by atoms with Gasteiger partial charge in [-0.2, -0.15) is 5.10 Å². The van der Waals surface area contributed by atoms with E-state index in [0.29, 0.717) is 25.3 Å². The van der Waals surface area contributed by atoms with E-state index in [4.69, 9.17) is 16.3 Å². The molecule has 0 atom stereocenters. The zero-order valence-electron chi connectivity index (χ0n) is 18.0. The molecule has 0 radical (unpaired) electrons. The topological polar surface area (TPSA) is 76.5 Å². The summed E-state index contributed by atoms with van der Waals surface area (Å²) >= 11 is 6.38. The molecule has 0 saturated heterocycles. The number of aryl methyl sites for hydroxylation is 1. The molecule has 0 spiro atoms. The summed E-state index contributed by atoms with van der Waals surface area (Å²) in [5, 5.41) is 7.30. The lowest BCUT2D eigenvalue weighted by molar-refractivity contribution is 0.0260. The highest BCUT2D eigenvalue weighted by atomic mass is 35.5. The smallest absolute Gasteiger partial charge is 0.410 e. The second kappa shape index (κ2) is 9.93. The van der Waals surface area contributed by atoms with Crippen LogP contribution in [0.2, 0.25) is 5.15 Å². The minimum atomic E-state index is -0.586. The molecule has 1 N–H and O–H groups in total. The van der Waals surface area contributed by atoms with Crippen molar-refractivity contribution in [2.75, 3.05) is 19.6 Å². The van der Waals surface area contributed by atoms with Crippen LogP contribution in [0.25, 0.3) is 0 Å². The number of hydrogen-bond acceptors (Lipinski definition) is 4. The van der Waals surface area contributed by atoms with E-state index in [-0.39, 0.29) is 29.0 Å². The molecule has 0 saturated carbocycles. The molecule has 164 valence electrons. The zero-order valence-corrected chi connectivity index (χ0v) is 18.7. The van der Waals surface area contributed by atoms with Gasteiger partial charge in [-0.05, 0) is 52.3 Å². The zero-order chi connectivity index (χ0) is 22.5. The molecule has 30 heavy (non-hydrogen) atoms. The van der Waals surface area contributed by atoms with Gasteiger partial charge < -0.3 is 15.0 Å². The number of halogens is 2. The Bertz CT molecular complexity index is 891. The van der Waals surface area contributed by atoms with Gasteiger partial charge in [0.05, 0.1) is 17.8 Å². The molecule has 1 aromatic carbocycles. The fraction of sp³-hybridized carbons (Fsp3) is 0.476. The fourth-order valence-corrected chi connectivity index (χ4v) is 3.10. The van der Waals surface area contributed by atoms with Crippen molar-refractivity contribution in [3.8, 4) is 0 Å². The Kier molecular flexibility index (Phi) is 7.83. The molecule has 9 heteroatoms. The summed E-state index contributed by atoms with van der Waals surface area (Å²) in [4.78, 5) is 26.3. The number of aromatic nitrogens is 2. The molecule has 0 bridgehead atoms. The van der Waals surface area contributed by atoms with E-state index in [9.17, 15) is 14.0 Å². The van der Waals surface area contributed by atoms with Crippen molar-refractivity contribution >= 4 is 23.6 Å². The van der Waals surface area contributed by atoms with Crippen molar-refractivity contribution in [1.29, 1.82) is 0 Å². The summed E-state index contributed by atoms with van der Waals surface area (Å²) in [6.45, 7) is 10.3. The van der Waals surface area contributed by atoms with E-state index in [1.165, 1.54) is 21.7 Å². The number of ether oxygens (including phenoxy) is 1. The molecular formula is C21H28ClFN4O3. The average molecular weight is 439 g/mol. The summed E-state index contributed by atoms with van der Waals surface area (Å²) in [5.41, 5.74) is 0.985. The van der Waals surface area contributed by atoms with E-state index < -0.39 is 11.7 Å². The molecule has 0 aliphatic carbocycles. The molecule has 1 aromatic heterocycles. The van der Waals surface area contributed by atoms with Crippen LogP contribution in [0.1, 0.15) is 49.3 Å². The maximum absolute atomic E-state index is 13.1. The first-order valence-corrected chi connectivity index (χ1v) is 10.1. The predicted molar refractivity (Wildman–Crippen MR) is 113 cm³/mol. The first kappa shape index (κ1) is 23.7. The Morgan fingerprint density at radius 1 is 1.27 bits per heavy atom. The SMILES string of the molecule is CCN(CCNC(=O)c1c(C)nn(Cc2ccc(F)cc2)c1Cl)C(=O)OC(C)(C)C. The van der Waals surface area contributed by atoms with Crippen LogP contribution >= 0.6 is 11.6 Å². The van der Waals surface area contributed by atoms with E-state index in [0.717, 1.165) is 5.56 Å². The first-order chi connectivity index (χ1) is 14.0. The second-order valence-corrected chi connectivity index (χ2v) is 8.21. The molecule has 0 aliphatic heterocycles. The van der Waals surface area contributed by atoms with Gasteiger partial charge in [0.15, 0.2) is 0 Å². The molecule has 0 fully saturated rings. The van der Waals surface area contributed by atoms with Crippen LogP contribution in [-0.4, -0.2) is 51.9 Å². The van der Waals surface area contributed by atoms with Crippen molar-refractivity contribution in [1.82, 2.24) is 20.0 Å². The van der Waals surface area contributed by atoms with Crippen molar-refractivity contribution < 1.29 is 18.7 Å². The molecule has 0 aliphatic rings. The highest BCUT2D eigenvalue weighted by molar-refractivity contribution is 6.33. The minimum absolute atomic E-state index is 0.203. The lowest BCUT2D eigenvalue weighted by Gasteiger charge is -2.26. The number of amides is 2. The standard InChI is InChI=1S/C21H28ClFN4O3/c1-6-26(20(29)30-21(3,4)5)12-11-24-19(28)17-14(2)25-27(18(17)22)13-15-7-9-16(23)10-8-15/h7-10H,6,11-13H2,1-5H3,(H,24,28). The van der Waals surface area contributed by atoms with Crippen molar-refractivity contribution in [3.05, 3.63) is 52.1 Å². The molecular weight excluding hydrogens is 411 g/mol. The van der Waals surface area contributed by atoms with Gasteiger partial charge in [0.2, 0.25) is 0 Å². The summed E-state index contributed by atoms with van der Waals surface area (Å²) in [7, 11) is 0. The Hall–Kier alpha value is -2.61. The Morgan fingerprint density at radius 2 is 1.90 bits per heavy atom. The first-order valence-electron chi connectivity index (χ1n) is 9.75. The lowest BCUT2D eigenvalue weighted by Crippen LogP contribution is -2.41. The number of carbonyl (C=O) groups is 2. The van der Waals surface area contributed by atoms with Crippen LogP contribution in [0.3, 0.4) is 0 Å². The maximum Gasteiger partial charge on any atom is 0.410 e. The monoisotopic (exact) mass is 438 g/mol. The number of nitrogens with one attached hydrogen (secondary N) is 1. The van der Waals surface area contributed by atoms with E-state index in [2.05, 4.69) is 10.4 Å². The van der Waals surface area contributed by atoms with Gasteiger partial charge in [-0.1, -0.05) is 23.7 Å². The quantitative estimate of drug-likeness (QED) is 0.708. The van der Waals surface area contributed by atoms with Gasteiger partial charge in [-0.15, -0.1) is 0 Å². The summed E-state index contributed by atoms with van der Waals surface area (Å²) in [6.07, 6.45) is -0.430. The predicted octanol–water partition coefficient (Wildman–Crippen LogP) is 4.02. The molecule has 2 aromatic rings. The van der Waals surface area contributed by atoms with Crippen LogP contribution in [0, 0.1) is 12.7 Å². The number of hydrogen-bond donors (Lipinski definition) is 1. The van der Waals surface area contributed by atoms with E-state index in [1.54, 1.807) is 39.8 Å². The highest BCUT2D eigenvalue weighted by Crippen LogP contribution is 2.21. The number of nitrogens with zero attached hydrogens (tertiary/aromatic N) is 3. The van der Waals surface area contributed by atoms with Crippen LogP contribution in [-0.2, 0) is 11.3 Å². The number of rotatable bonds is 7. The molecule has 0 unspecified atom stereocenters. The van der Waals surface area contributed by atoms with E-state index >= 15 is 0 Å². The van der Waals surface area contributed by atoms with Crippen LogP contribution in [0.5, 0.6) is 0 Å². The van der Waals surface area contributed by atoms with Crippen molar-refractivity contribution in [3.63, 3.8) is 0 Å². The summed E-state index contributed by atoms with van der Waals surface area (Å²) in [6, 6.07) is 5.99. The molecule has 2 amide bonds. The largest absolute Gasteiger partial charge is 0.444 e. The molecule has 2 rings (SSSR count). The lowest BCUT2D eigenvalue weighted by atomic mass is 10.2. The third kappa shape index (κ3) is 6.45. The Balaban J connectivity index is 1.99. The van der Waals surface area contributed by atoms with Crippen LogP contribution in [0.15, 0.2) is 24.3 Å².